The summed E-state index contributed by atoms with van der Waals surface area (Å²) < 4.78 is 5.06. The molecule has 25 heavy (non-hydrogen) atoms. The fourth-order valence-electron chi connectivity index (χ4n) is 2.54. The van der Waals surface area contributed by atoms with Crippen molar-refractivity contribution in [1.29, 1.82) is 0 Å². The summed E-state index contributed by atoms with van der Waals surface area (Å²) in [5, 5.41) is 14.0. The van der Waals surface area contributed by atoms with Crippen molar-refractivity contribution < 1.29 is 14.1 Å². The first-order chi connectivity index (χ1) is 12.0. The third-order valence-corrected chi connectivity index (χ3v) is 3.83. The first kappa shape index (κ1) is 16.4. The van der Waals surface area contributed by atoms with E-state index in [0.29, 0.717) is 5.69 Å². The molecule has 0 bridgehead atoms. The molecule has 126 valence electrons. The van der Waals surface area contributed by atoms with Crippen molar-refractivity contribution in [2.24, 2.45) is 0 Å². The monoisotopic (exact) mass is 338 g/mol. The summed E-state index contributed by atoms with van der Waals surface area (Å²) in [6.45, 7) is 1.96. The normalized spacial score (nSPS) is 10.6. The van der Waals surface area contributed by atoms with E-state index in [-0.39, 0.29) is 22.2 Å². The zero-order chi connectivity index (χ0) is 18.0. The standard InChI is InChI=1S/C18H14N2O5/c1-2-11-5-3-4-6-15(11)19-17(21)16-10-12-9-13(20(23)24)7-8-14(12)18(22)25-16/h3-10H,2H2,1H3,(H,19,21). The lowest BCUT2D eigenvalue weighted by atomic mass is 10.1. The van der Waals surface area contributed by atoms with Gasteiger partial charge in [-0.05, 0) is 35.6 Å². The van der Waals surface area contributed by atoms with Gasteiger partial charge in [0.15, 0.2) is 5.76 Å². The minimum atomic E-state index is -0.721. The number of anilines is 1. The molecule has 0 unspecified atom stereocenters. The number of fused-ring (bicyclic) bond motifs is 1. The summed E-state index contributed by atoms with van der Waals surface area (Å²) in [7, 11) is 0. The van der Waals surface area contributed by atoms with Crippen LogP contribution < -0.4 is 10.9 Å². The summed E-state index contributed by atoms with van der Waals surface area (Å²) >= 11 is 0. The second-order valence-electron chi connectivity index (χ2n) is 5.39. The SMILES string of the molecule is CCc1ccccc1NC(=O)c1cc2cc([N+](=O)[O-])ccc2c(=O)o1. The molecule has 0 atom stereocenters. The summed E-state index contributed by atoms with van der Waals surface area (Å²) in [5.74, 6) is -0.796. The summed E-state index contributed by atoms with van der Waals surface area (Å²) in [4.78, 5) is 34.8. The van der Waals surface area contributed by atoms with Crippen LogP contribution >= 0.6 is 0 Å². The summed E-state index contributed by atoms with van der Waals surface area (Å²) in [5.41, 5.74) is 0.675. The van der Waals surface area contributed by atoms with Gasteiger partial charge < -0.3 is 9.73 Å². The van der Waals surface area contributed by atoms with Gasteiger partial charge in [0, 0.05) is 17.8 Å². The Hall–Kier alpha value is -3.48. The number of benzene rings is 2. The third kappa shape index (κ3) is 3.25. The van der Waals surface area contributed by atoms with E-state index in [1.54, 1.807) is 12.1 Å². The number of aryl methyl sites for hydroxylation is 1. The topological polar surface area (TPSA) is 102 Å². The van der Waals surface area contributed by atoms with E-state index in [0.717, 1.165) is 12.0 Å². The van der Waals surface area contributed by atoms with Crippen molar-refractivity contribution in [3.63, 3.8) is 0 Å². The molecule has 1 aromatic heterocycles. The van der Waals surface area contributed by atoms with Crippen molar-refractivity contribution in [2.75, 3.05) is 5.32 Å². The zero-order valence-corrected chi connectivity index (χ0v) is 13.3. The van der Waals surface area contributed by atoms with Gasteiger partial charge in [-0.25, -0.2) is 4.79 Å². The van der Waals surface area contributed by atoms with E-state index in [1.165, 1.54) is 24.3 Å². The van der Waals surface area contributed by atoms with E-state index >= 15 is 0 Å². The van der Waals surface area contributed by atoms with Crippen LogP contribution in [0.2, 0.25) is 0 Å². The molecule has 0 saturated carbocycles. The number of non-ortho nitro benzene ring substituents is 1. The van der Waals surface area contributed by atoms with Crippen molar-refractivity contribution in [3.05, 3.63) is 80.4 Å². The highest BCUT2D eigenvalue weighted by Gasteiger charge is 2.15. The minimum Gasteiger partial charge on any atom is -0.417 e. The van der Waals surface area contributed by atoms with Gasteiger partial charge in [0.25, 0.3) is 11.6 Å². The molecule has 3 rings (SSSR count). The molecule has 0 aliphatic heterocycles. The molecule has 7 heteroatoms. The Labute approximate surface area is 142 Å². The number of amides is 1. The van der Waals surface area contributed by atoms with Crippen LogP contribution in [0, 0.1) is 10.1 Å². The van der Waals surface area contributed by atoms with E-state index < -0.39 is 16.5 Å². The first-order valence-electron chi connectivity index (χ1n) is 7.61. The zero-order valence-electron chi connectivity index (χ0n) is 13.3. The largest absolute Gasteiger partial charge is 0.417 e. The second kappa shape index (κ2) is 6.56. The predicted molar refractivity (Wildman–Crippen MR) is 92.9 cm³/mol. The molecule has 0 saturated heterocycles. The number of carbonyl (C=O) groups excluding carboxylic acids is 1. The van der Waals surface area contributed by atoms with Crippen LogP contribution in [0.4, 0.5) is 11.4 Å². The highest BCUT2D eigenvalue weighted by molar-refractivity contribution is 6.04. The number of nitro groups is 1. The van der Waals surface area contributed by atoms with Gasteiger partial charge in [-0.15, -0.1) is 0 Å². The number of carbonyl (C=O) groups is 1. The molecule has 0 fully saturated rings. The first-order valence-corrected chi connectivity index (χ1v) is 7.61. The molecular formula is C18H14N2O5. The maximum atomic E-state index is 12.4. The maximum absolute atomic E-state index is 12.4. The van der Waals surface area contributed by atoms with Crippen molar-refractivity contribution in [2.45, 2.75) is 13.3 Å². The Morgan fingerprint density at radius 3 is 2.68 bits per heavy atom. The molecule has 0 radical (unpaired) electrons. The molecule has 0 aliphatic carbocycles. The maximum Gasteiger partial charge on any atom is 0.344 e. The number of rotatable bonds is 4. The summed E-state index contributed by atoms with van der Waals surface area (Å²) in [6, 6.07) is 12.4. The quantitative estimate of drug-likeness (QED) is 0.579. The molecule has 3 aromatic rings. The Morgan fingerprint density at radius 1 is 1.20 bits per heavy atom. The fraction of sp³-hybridized carbons (Fsp3) is 0.111. The van der Waals surface area contributed by atoms with E-state index in [1.807, 2.05) is 19.1 Å². The van der Waals surface area contributed by atoms with E-state index in [2.05, 4.69) is 5.32 Å². The van der Waals surface area contributed by atoms with Gasteiger partial charge >= 0.3 is 5.63 Å². The Bertz CT molecular complexity index is 1040. The predicted octanol–water partition coefficient (Wildman–Crippen LogP) is 3.52. The Morgan fingerprint density at radius 2 is 1.96 bits per heavy atom. The minimum absolute atomic E-state index is 0.166. The average molecular weight is 338 g/mol. The second-order valence-corrected chi connectivity index (χ2v) is 5.39. The van der Waals surface area contributed by atoms with Crippen LogP contribution in [0.5, 0.6) is 0 Å². The van der Waals surface area contributed by atoms with Gasteiger partial charge in [0.2, 0.25) is 0 Å². The number of nitro benzene ring substituents is 1. The van der Waals surface area contributed by atoms with Crippen molar-refractivity contribution in [3.8, 4) is 0 Å². The fourth-order valence-corrected chi connectivity index (χ4v) is 2.54. The Kier molecular flexibility index (Phi) is 4.30. The van der Waals surface area contributed by atoms with Gasteiger partial charge in [0.05, 0.1) is 10.3 Å². The molecule has 1 amide bonds. The average Bonchev–Trinajstić information content (AvgIpc) is 2.61. The van der Waals surface area contributed by atoms with Gasteiger partial charge in [-0.3, -0.25) is 14.9 Å². The molecule has 0 aliphatic rings. The van der Waals surface area contributed by atoms with Crippen LogP contribution in [0.25, 0.3) is 10.8 Å². The van der Waals surface area contributed by atoms with E-state index in [9.17, 15) is 19.7 Å². The molecule has 0 spiro atoms. The number of hydrogen-bond donors (Lipinski definition) is 1. The van der Waals surface area contributed by atoms with Crippen LogP contribution in [-0.4, -0.2) is 10.8 Å². The van der Waals surface area contributed by atoms with Crippen LogP contribution in [0.3, 0.4) is 0 Å². The molecule has 7 nitrogen and oxygen atoms in total. The lowest BCUT2D eigenvalue weighted by Crippen LogP contribution is -2.16. The smallest absolute Gasteiger partial charge is 0.344 e. The van der Waals surface area contributed by atoms with Gasteiger partial charge in [0.1, 0.15) is 0 Å². The molecule has 1 heterocycles. The molecular weight excluding hydrogens is 324 g/mol. The molecule has 2 aromatic carbocycles. The number of nitrogens with zero attached hydrogens (tertiary/aromatic N) is 1. The van der Waals surface area contributed by atoms with Crippen molar-refractivity contribution >= 4 is 28.1 Å². The highest BCUT2D eigenvalue weighted by Crippen LogP contribution is 2.21. The van der Waals surface area contributed by atoms with Crippen molar-refractivity contribution in [1.82, 2.24) is 0 Å². The van der Waals surface area contributed by atoms with Gasteiger partial charge in [-0.2, -0.15) is 0 Å². The lowest BCUT2D eigenvalue weighted by Gasteiger charge is -2.09. The summed E-state index contributed by atoms with van der Waals surface area (Å²) in [6.07, 6.45) is 0.727. The van der Waals surface area contributed by atoms with Gasteiger partial charge in [-0.1, -0.05) is 25.1 Å². The van der Waals surface area contributed by atoms with E-state index in [4.69, 9.17) is 4.42 Å². The number of para-hydroxylation sites is 1. The number of nitrogens with one attached hydrogen (secondary N) is 1. The highest BCUT2D eigenvalue weighted by atomic mass is 16.6. The van der Waals surface area contributed by atoms with Crippen LogP contribution in [0.15, 0.2) is 57.7 Å². The third-order valence-electron chi connectivity index (χ3n) is 3.83. The van der Waals surface area contributed by atoms with Crippen LogP contribution in [0.1, 0.15) is 23.0 Å². The van der Waals surface area contributed by atoms with Crippen LogP contribution in [-0.2, 0) is 6.42 Å². The number of hydrogen-bond acceptors (Lipinski definition) is 5. The molecule has 1 N–H and O–H groups in total. The lowest BCUT2D eigenvalue weighted by molar-refractivity contribution is -0.384. The Balaban J connectivity index is 2.01.